The van der Waals surface area contributed by atoms with E-state index in [0.717, 1.165) is 24.5 Å². The van der Waals surface area contributed by atoms with Crippen molar-refractivity contribution in [3.05, 3.63) is 5.01 Å². The predicted molar refractivity (Wildman–Crippen MR) is 73.1 cm³/mol. The molecule has 0 saturated heterocycles. The molecule has 1 N–H and O–H groups in total. The first-order valence-corrected chi connectivity index (χ1v) is 7.13. The number of aromatic nitrogens is 2. The smallest absolute Gasteiger partial charge is 0.294 e. The lowest BCUT2D eigenvalue weighted by atomic mass is 10.2. The second kappa shape index (κ2) is 7.66. The Bertz CT molecular complexity index is 336. The maximum Gasteiger partial charge on any atom is 0.294 e. The Hall–Kier alpha value is -0.720. The molecule has 5 nitrogen and oxygen atoms in total. The van der Waals surface area contributed by atoms with Gasteiger partial charge >= 0.3 is 0 Å². The summed E-state index contributed by atoms with van der Waals surface area (Å²) in [6.07, 6.45) is 1.12. The molecule has 0 aromatic carbocycles. The minimum atomic E-state index is -0.125. The normalized spacial score (nSPS) is 11.8. The van der Waals surface area contributed by atoms with Gasteiger partial charge in [-0.05, 0) is 33.7 Å². The van der Waals surface area contributed by atoms with Crippen molar-refractivity contribution in [1.82, 2.24) is 15.5 Å². The van der Waals surface area contributed by atoms with Crippen LogP contribution in [-0.2, 0) is 11.3 Å². The molecule has 1 aromatic heterocycles. The van der Waals surface area contributed by atoms with E-state index in [1.54, 1.807) is 0 Å². The zero-order valence-corrected chi connectivity index (χ0v) is 12.5. The molecule has 0 aliphatic heterocycles. The van der Waals surface area contributed by atoms with Gasteiger partial charge < -0.3 is 14.8 Å². The molecule has 0 atom stereocenters. The lowest BCUT2D eigenvalue weighted by Gasteiger charge is -2.18. The van der Waals surface area contributed by atoms with Crippen LogP contribution in [0.15, 0.2) is 0 Å². The van der Waals surface area contributed by atoms with E-state index in [1.165, 1.54) is 11.3 Å². The van der Waals surface area contributed by atoms with Gasteiger partial charge in [0.15, 0.2) is 0 Å². The lowest BCUT2D eigenvalue weighted by Crippen LogP contribution is -2.22. The van der Waals surface area contributed by atoms with Crippen LogP contribution in [0.2, 0.25) is 0 Å². The molecule has 6 heteroatoms. The van der Waals surface area contributed by atoms with Gasteiger partial charge in [-0.2, -0.15) is 0 Å². The van der Waals surface area contributed by atoms with Gasteiger partial charge in [-0.3, -0.25) is 0 Å². The van der Waals surface area contributed by atoms with Crippen molar-refractivity contribution in [2.75, 3.05) is 19.8 Å². The van der Waals surface area contributed by atoms with E-state index in [2.05, 4.69) is 22.4 Å². The van der Waals surface area contributed by atoms with Gasteiger partial charge in [-0.1, -0.05) is 18.3 Å². The van der Waals surface area contributed by atoms with Crippen molar-refractivity contribution >= 4 is 11.3 Å². The number of nitrogens with zero attached hydrogens (tertiary/aromatic N) is 2. The second-order valence-corrected chi connectivity index (χ2v) is 5.97. The molecule has 1 heterocycles. The van der Waals surface area contributed by atoms with Crippen molar-refractivity contribution in [2.24, 2.45) is 0 Å². The van der Waals surface area contributed by atoms with E-state index in [-0.39, 0.29) is 5.60 Å². The third-order valence-corrected chi connectivity index (χ3v) is 2.83. The molecule has 1 aromatic rings. The summed E-state index contributed by atoms with van der Waals surface area (Å²) in [5.41, 5.74) is -0.125. The minimum Gasteiger partial charge on any atom is -0.466 e. The fraction of sp³-hybridized carbons (Fsp3) is 0.833. The molecule has 0 bridgehead atoms. The van der Waals surface area contributed by atoms with Crippen LogP contribution in [-0.4, -0.2) is 35.6 Å². The van der Waals surface area contributed by atoms with Gasteiger partial charge in [-0.25, -0.2) is 0 Å². The Morgan fingerprint density at radius 2 is 2.00 bits per heavy atom. The van der Waals surface area contributed by atoms with Crippen LogP contribution < -0.4 is 10.1 Å². The third kappa shape index (κ3) is 6.88. The maximum absolute atomic E-state index is 5.56. The summed E-state index contributed by atoms with van der Waals surface area (Å²) in [4.78, 5) is 0. The van der Waals surface area contributed by atoms with E-state index in [4.69, 9.17) is 9.47 Å². The Balaban J connectivity index is 2.19. The van der Waals surface area contributed by atoms with E-state index in [9.17, 15) is 0 Å². The molecule has 0 aliphatic carbocycles. The average Bonchev–Trinajstić information content (AvgIpc) is 2.72. The largest absolute Gasteiger partial charge is 0.466 e. The van der Waals surface area contributed by atoms with Gasteiger partial charge in [0.2, 0.25) is 0 Å². The van der Waals surface area contributed by atoms with E-state index in [0.29, 0.717) is 18.4 Å². The zero-order chi connectivity index (χ0) is 13.4. The Kier molecular flexibility index (Phi) is 6.52. The molecule has 0 aliphatic rings. The summed E-state index contributed by atoms with van der Waals surface area (Å²) in [5, 5.41) is 12.9. The number of rotatable bonds is 8. The third-order valence-electron chi connectivity index (χ3n) is 2.00. The van der Waals surface area contributed by atoms with E-state index >= 15 is 0 Å². The van der Waals surface area contributed by atoms with E-state index < -0.39 is 0 Å². The Morgan fingerprint density at radius 3 is 2.67 bits per heavy atom. The topological polar surface area (TPSA) is 56.3 Å². The monoisotopic (exact) mass is 273 g/mol. The summed E-state index contributed by atoms with van der Waals surface area (Å²) < 4.78 is 11.0. The van der Waals surface area contributed by atoms with Crippen molar-refractivity contribution in [3.63, 3.8) is 0 Å². The van der Waals surface area contributed by atoms with Crippen molar-refractivity contribution in [3.8, 4) is 5.19 Å². The zero-order valence-electron chi connectivity index (χ0n) is 11.7. The average molecular weight is 273 g/mol. The van der Waals surface area contributed by atoms with Gasteiger partial charge in [0.25, 0.3) is 5.19 Å². The molecule has 104 valence electrons. The van der Waals surface area contributed by atoms with Crippen LogP contribution in [0.5, 0.6) is 5.19 Å². The van der Waals surface area contributed by atoms with E-state index in [1.807, 2.05) is 20.8 Å². The molecule has 18 heavy (non-hydrogen) atoms. The van der Waals surface area contributed by atoms with Crippen molar-refractivity contribution < 1.29 is 9.47 Å². The van der Waals surface area contributed by atoms with Crippen LogP contribution in [0.3, 0.4) is 0 Å². The molecule has 0 saturated carbocycles. The quantitative estimate of drug-likeness (QED) is 0.736. The van der Waals surface area contributed by atoms with Crippen LogP contribution >= 0.6 is 11.3 Å². The molecular formula is C12H23N3O2S. The van der Waals surface area contributed by atoms with Gasteiger partial charge in [0.1, 0.15) is 11.6 Å². The highest BCUT2D eigenvalue weighted by molar-refractivity contribution is 7.13. The van der Waals surface area contributed by atoms with Crippen molar-refractivity contribution in [2.45, 2.75) is 46.3 Å². The summed E-state index contributed by atoms with van der Waals surface area (Å²) in [5.74, 6) is 0. The molecule has 0 amide bonds. The van der Waals surface area contributed by atoms with Gasteiger partial charge in [-0.15, -0.1) is 10.2 Å². The standard InChI is InChI=1S/C12H23N3O2S/c1-5-6-13-9-10-14-15-11(18-10)16-7-8-17-12(2,3)4/h13H,5-9H2,1-4H3. The molecule has 0 unspecified atom stereocenters. The van der Waals surface area contributed by atoms with Crippen LogP contribution in [0, 0.1) is 0 Å². The maximum atomic E-state index is 5.56. The molecule has 0 radical (unpaired) electrons. The fourth-order valence-electron chi connectivity index (χ4n) is 1.22. The lowest BCUT2D eigenvalue weighted by molar-refractivity contribution is -0.0163. The first-order chi connectivity index (χ1) is 8.51. The number of ether oxygens (including phenoxy) is 2. The molecule has 1 rings (SSSR count). The van der Waals surface area contributed by atoms with Crippen LogP contribution in [0.1, 0.15) is 39.1 Å². The summed E-state index contributed by atoms with van der Waals surface area (Å²) >= 11 is 1.48. The highest BCUT2D eigenvalue weighted by atomic mass is 32.1. The number of hydrogen-bond donors (Lipinski definition) is 1. The fourth-order valence-corrected chi connectivity index (χ4v) is 1.90. The molecule has 0 spiro atoms. The Morgan fingerprint density at radius 1 is 1.22 bits per heavy atom. The van der Waals surface area contributed by atoms with Crippen molar-refractivity contribution in [1.29, 1.82) is 0 Å². The predicted octanol–water partition coefficient (Wildman–Crippen LogP) is 2.23. The summed E-state index contributed by atoms with van der Waals surface area (Å²) in [6, 6.07) is 0. The van der Waals surface area contributed by atoms with Gasteiger partial charge in [0, 0.05) is 6.54 Å². The second-order valence-electron chi connectivity index (χ2n) is 4.95. The van der Waals surface area contributed by atoms with Gasteiger partial charge in [0.05, 0.1) is 12.2 Å². The SMILES string of the molecule is CCCNCc1nnc(OCCOC(C)(C)C)s1. The highest BCUT2D eigenvalue weighted by Gasteiger charge is 2.10. The minimum absolute atomic E-state index is 0.125. The first kappa shape index (κ1) is 15.3. The highest BCUT2D eigenvalue weighted by Crippen LogP contribution is 2.17. The summed E-state index contributed by atoms with van der Waals surface area (Å²) in [7, 11) is 0. The molecule has 0 fully saturated rings. The number of hydrogen-bond acceptors (Lipinski definition) is 6. The molecular weight excluding hydrogens is 250 g/mol. The van der Waals surface area contributed by atoms with Crippen LogP contribution in [0.25, 0.3) is 0 Å². The number of nitrogens with one attached hydrogen (secondary N) is 1. The first-order valence-electron chi connectivity index (χ1n) is 6.31. The van der Waals surface area contributed by atoms with Crippen LogP contribution in [0.4, 0.5) is 0 Å². The summed E-state index contributed by atoms with van der Waals surface area (Å²) in [6.45, 7) is 11.0. The Labute approximate surface area is 113 Å².